The van der Waals surface area contributed by atoms with E-state index in [4.69, 9.17) is 5.11 Å². The summed E-state index contributed by atoms with van der Waals surface area (Å²) in [6.45, 7) is 2.07. The number of carboxylic acid groups (broad SMARTS) is 1. The Hall–Kier alpha value is -0.350. The minimum atomic E-state index is -0.656. The predicted molar refractivity (Wildman–Crippen MR) is 88.1 cm³/mol. The summed E-state index contributed by atoms with van der Waals surface area (Å²) in [7, 11) is 0. The number of benzene rings is 1. The van der Waals surface area contributed by atoms with Crippen molar-refractivity contribution in [3.8, 4) is 0 Å². The second kappa shape index (κ2) is 6.61. The van der Waals surface area contributed by atoms with Crippen LogP contribution in [0.5, 0.6) is 0 Å². The molecule has 0 heterocycles. The van der Waals surface area contributed by atoms with Gasteiger partial charge in [-0.1, -0.05) is 44.7 Å². The van der Waals surface area contributed by atoms with Gasteiger partial charge in [0, 0.05) is 8.95 Å². The Bertz CT molecular complexity index is 505. The van der Waals surface area contributed by atoms with Crippen LogP contribution in [0, 0.1) is 12.3 Å². The lowest BCUT2D eigenvalue weighted by Crippen LogP contribution is -2.21. The van der Waals surface area contributed by atoms with Crippen LogP contribution >= 0.6 is 31.9 Å². The topological polar surface area (TPSA) is 37.3 Å². The van der Waals surface area contributed by atoms with Gasteiger partial charge in [-0.05, 0) is 61.3 Å². The van der Waals surface area contributed by atoms with E-state index in [0.717, 1.165) is 34.6 Å². The summed E-state index contributed by atoms with van der Waals surface area (Å²) in [6.07, 6.45) is 6.68. The molecule has 2 nitrogen and oxygen atoms in total. The molecule has 0 saturated heterocycles. The number of aliphatic carboxylic acids is 1. The van der Waals surface area contributed by atoms with Gasteiger partial charge >= 0.3 is 5.97 Å². The first-order valence-corrected chi connectivity index (χ1v) is 8.67. The van der Waals surface area contributed by atoms with E-state index in [1.54, 1.807) is 0 Å². The molecule has 1 aliphatic rings. The van der Waals surface area contributed by atoms with Gasteiger partial charge in [-0.2, -0.15) is 0 Å². The van der Waals surface area contributed by atoms with Crippen LogP contribution in [0.15, 0.2) is 21.1 Å². The molecule has 0 aliphatic heterocycles. The Morgan fingerprint density at radius 2 is 1.90 bits per heavy atom. The number of carboxylic acids is 1. The molecular weight excluding hydrogens is 384 g/mol. The molecular formula is C16H20Br2O2. The lowest BCUT2D eigenvalue weighted by molar-refractivity contribution is -0.139. The second-order valence-electron chi connectivity index (χ2n) is 5.97. The van der Waals surface area contributed by atoms with Gasteiger partial charge in [-0.3, -0.25) is 4.79 Å². The van der Waals surface area contributed by atoms with Crippen molar-refractivity contribution in [2.24, 2.45) is 5.41 Å². The molecule has 0 unspecified atom stereocenters. The van der Waals surface area contributed by atoms with Crippen LogP contribution in [0.3, 0.4) is 0 Å². The van der Waals surface area contributed by atoms with Crippen molar-refractivity contribution in [1.29, 1.82) is 0 Å². The molecule has 1 aliphatic carbocycles. The van der Waals surface area contributed by atoms with Gasteiger partial charge in [-0.25, -0.2) is 0 Å². The fraction of sp³-hybridized carbons (Fsp3) is 0.562. The van der Waals surface area contributed by atoms with Crippen molar-refractivity contribution in [1.82, 2.24) is 0 Å². The monoisotopic (exact) mass is 402 g/mol. The quantitative estimate of drug-likeness (QED) is 0.705. The molecule has 1 N–H and O–H groups in total. The zero-order valence-corrected chi connectivity index (χ0v) is 14.9. The summed E-state index contributed by atoms with van der Waals surface area (Å²) in [5.41, 5.74) is 2.49. The maximum atomic E-state index is 11.1. The molecule has 0 spiro atoms. The van der Waals surface area contributed by atoms with E-state index in [9.17, 15) is 4.79 Å². The molecule has 1 fully saturated rings. The van der Waals surface area contributed by atoms with E-state index >= 15 is 0 Å². The lowest BCUT2D eigenvalue weighted by atomic mass is 9.77. The lowest BCUT2D eigenvalue weighted by Gasteiger charge is -2.27. The van der Waals surface area contributed by atoms with Gasteiger partial charge in [0.1, 0.15) is 0 Å². The maximum Gasteiger partial charge on any atom is 0.303 e. The average molecular weight is 404 g/mol. The molecule has 0 bridgehead atoms. The molecule has 20 heavy (non-hydrogen) atoms. The Kier molecular flexibility index (Phi) is 5.30. The third kappa shape index (κ3) is 3.85. The predicted octanol–water partition coefficient (Wildman–Crippen LogP) is 5.49. The van der Waals surface area contributed by atoms with Crippen LogP contribution in [0.2, 0.25) is 0 Å². The van der Waals surface area contributed by atoms with Gasteiger partial charge < -0.3 is 5.11 Å². The Morgan fingerprint density at radius 1 is 1.25 bits per heavy atom. The molecule has 1 aromatic rings. The number of hydrogen-bond acceptors (Lipinski definition) is 1. The summed E-state index contributed by atoms with van der Waals surface area (Å²) in [5, 5.41) is 9.15. The minimum Gasteiger partial charge on any atom is -0.481 e. The highest BCUT2D eigenvalue weighted by atomic mass is 79.9. The first-order valence-electron chi connectivity index (χ1n) is 7.08. The van der Waals surface area contributed by atoms with Crippen LogP contribution in [0.25, 0.3) is 0 Å². The smallest absolute Gasteiger partial charge is 0.303 e. The van der Waals surface area contributed by atoms with E-state index in [1.807, 2.05) is 0 Å². The summed E-state index contributed by atoms with van der Waals surface area (Å²) in [5.74, 6) is -0.656. The van der Waals surface area contributed by atoms with Crippen molar-refractivity contribution in [3.05, 3.63) is 32.2 Å². The van der Waals surface area contributed by atoms with E-state index in [2.05, 4.69) is 50.9 Å². The number of hydrogen-bond donors (Lipinski definition) is 1. The molecule has 0 amide bonds. The maximum absolute atomic E-state index is 11.1. The first kappa shape index (κ1) is 16.0. The zero-order valence-electron chi connectivity index (χ0n) is 11.7. The number of halogens is 2. The molecule has 4 heteroatoms. The molecule has 1 saturated carbocycles. The fourth-order valence-corrected chi connectivity index (χ4v) is 4.29. The van der Waals surface area contributed by atoms with Crippen molar-refractivity contribution < 1.29 is 9.90 Å². The number of carbonyl (C=O) groups is 1. The van der Waals surface area contributed by atoms with Gasteiger partial charge in [0.15, 0.2) is 0 Å². The van der Waals surface area contributed by atoms with Crippen molar-refractivity contribution in [2.75, 3.05) is 0 Å². The van der Waals surface area contributed by atoms with Crippen LogP contribution in [-0.4, -0.2) is 11.1 Å². The Labute approximate surface area is 137 Å². The SMILES string of the molecule is Cc1cc(Br)c(CCC2(CC(=O)O)CCCC2)cc1Br. The third-order valence-corrected chi connectivity index (χ3v) is 6.04. The fourth-order valence-electron chi connectivity index (χ4n) is 3.24. The highest BCUT2D eigenvalue weighted by molar-refractivity contribution is 9.11. The standard InChI is InChI=1S/C16H20Br2O2/c1-11-8-14(18)12(9-13(11)17)4-7-16(10-15(19)20)5-2-3-6-16/h8-9H,2-7,10H2,1H3,(H,19,20). The minimum absolute atomic E-state index is 0.0165. The van der Waals surface area contributed by atoms with Crippen LogP contribution in [-0.2, 0) is 11.2 Å². The molecule has 110 valence electrons. The summed E-state index contributed by atoms with van der Waals surface area (Å²) >= 11 is 7.19. The molecule has 0 atom stereocenters. The van der Waals surface area contributed by atoms with E-state index < -0.39 is 5.97 Å². The van der Waals surface area contributed by atoms with Crippen molar-refractivity contribution >= 4 is 37.8 Å². The summed E-state index contributed by atoms with van der Waals surface area (Å²) in [4.78, 5) is 11.1. The van der Waals surface area contributed by atoms with Gasteiger partial charge in [0.2, 0.25) is 0 Å². The van der Waals surface area contributed by atoms with E-state index in [-0.39, 0.29) is 5.41 Å². The van der Waals surface area contributed by atoms with Gasteiger partial charge in [0.25, 0.3) is 0 Å². The van der Waals surface area contributed by atoms with Gasteiger partial charge in [-0.15, -0.1) is 0 Å². The second-order valence-corrected chi connectivity index (χ2v) is 7.68. The normalized spacial score (nSPS) is 17.4. The summed E-state index contributed by atoms with van der Waals surface area (Å²) < 4.78 is 2.25. The Balaban J connectivity index is 2.10. The van der Waals surface area contributed by atoms with E-state index in [0.29, 0.717) is 6.42 Å². The highest BCUT2D eigenvalue weighted by Crippen LogP contribution is 2.45. The number of rotatable bonds is 5. The van der Waals surface area contributed by atoms with Crippen molar-refractivity contribution in [2.45, 2.75) is 51.9 Å². The van der Waals surface area contributed by atoms with Crippen molar-refractivity contribution in [3.63, 3.8) is 0 Å². The zero-order chi connectivity index (χ0) is 14.8. The van der Waals surface area contributed by atoms with Gasteiger partial charge in [0.05, 0.1) is 6.42 Å². The highest BCUT2D eigenvalue weighted by Gasteiger charge is 2.35. The molecule has 1 aromatic carbocycles. The molecule has 2 rings (SSSR count). The Morgan fingerprint density at radius 3 is 2.50 bits per heavy atom. The first-order chi connectivity index (χ1) is 9.42. The van der Waals surface area contributed by atoms with Crippen LogP contribution in [0.4, 0.5) is 0 Å². The van der Waals surface area contributed by atoms with E-state index in [1.165, 1.54) is 24.0 Å². The number of aryl methyl sites for hydroxylation is 2. The average Bonchev–Trinajstić information content (AvgIpc) is 2.80. The molecule has 0 radical (unpaired) electrons. The van der Waals surface area contributed by atoms with Crippen LogP contribution < -0.4 is 0 Å². The molecule has 0 aromatic heterocycles. The largest absolute Gasteiger partial charge is 0.481 e. The third-order valence-electron chi connectivity index (χ3n) is 4.44. The van der Waals surface area contributed by atoms with Crippen LogP contribution in [0.1, 0.15) is 49.7 Å². The summed E-state index contributed by atoms with van der Waals surface area (Å²) in [6, 6.07) is 4.28.